The maximum Gasteiger partial charge on any atom is 0.323 e. The summed E-state index contributed by atoms with van der Waals surface area (Å²) in [6.45, 7) is 1.47. The Morgan fingerprint density at radius 1 is 1.50 bits per heavy atom. The number of aryl methyl sites for hydroxylation is 1. The summed E-state index contributed by atoms with van der Waals surface area (Å²) < 4.78 is 4.99. The van der Waals surface area contributed by atoms with Gasteiger partial charge in [0.25, 0.3) is 11.6 Å². The third-order valence-electron chi connectivity index (χ3n) is 3.31. The zero-order valence-corrected chi connectivity index (χ0v) is 10.9. The molecule has 1 aliphatic carbocycles. The van der Waals surface area contributed by atoms with E-state index in [1.807, 2.05) is 0 Å². The smallest absolute Gasteiger partial charge is 0.323 e. The largest absolute Gasteiger partial charge is 0.480 e. The number of carbonyl (C=O) groups excluding carboxylic acids is 1. The van der Waals surface area contributed by atoms with E-state index in [2.05, 4.69) is 10.1 Å². The highest BCUT2D eigenvalue weighted by Gasteiger charge is 2.34. The lowest BCUT2D eigenvalue weighted by molar-refractivity contribution is -0.137. The van der Waals surface area contributed by atoms with Gasteiger partial charge in [-0.25, -0.2) is 4.98 Å². The third kappa shape index (κ3) is 2.22. The Morgan fingerprint density at radius 3 is 2.90 bits per heavy atom. The fraction of sp³-hybridized carbons (Fsp3) is 0.385. The van der Waals surface area contributed by atoms with Gasteiger partial charge in [0, 0.05) is 12.2 Å². The molecule has 1 amide bonds. The molecule has 1 saturated carbocycles. The topological polar surface area (TPSA) is 96.5 Å². The number of hydrogen-bond donors (Lipinski definition) is 1. The molecule has 0 unspecified atom stereocenters. The predicted molar refractivity (Wildman–Crippen MR) is 68.2 cm³/mol. The van der Waals surface area contributed by atoms with Gasteiger partial charge in [-0.3, -0.25) is 9.59 Å². The molecule has 0 bridgehead atoms. The summed E-state index contributed by atoms with van der Waals surface area (Å²) in [6, 6.07) is 1.67. The second kappa shape index (κ2) is 4.59. The average Bonchev–Trinajstić information content (AvgIpc) is 3.20. The van der Waals surface area contributed by atoms with E-state index in [1.54, 1.807) is 13.0 Å². The number of aromatic nitrogens is 2. The minimum absolute atomic E-state index is 0.0258. The van der Waals surface area contributed by atoms with Crippen molar-refractivity contribution in [2.75, 3.05) is 6.54 Å². The number of carbonyl (C=O) groups is 2. The highest BCUT2D eigenvalue weighted by atomic mass is 16.5. The maximum atomic E-state index is 12.4. The second-order valence-electron chi connectivity index (χ2n) is 4.90. The Kier molecular flexibility index (Phi) is 2.89. The van der Waals surface area contributed by atoms with Gasteiger partial charge in [-0.1, -0.05) is 5.16 Å². The van der Waals surface area contributed by atoms with E-state index in [9.17, 15) is 9.59 Å². The zero-order chi connectivity index (χ0) is 14.3. The maximum absolute atomic E-state index is 12.4. The highest BCUT2D eigenvalue weighted by molar-refractivity contribution is 5.98. The number of pyridine rings is 1. The number of carboxylic acids is 1. The van der Waals surface area contributed by atoms with E-state index < -0.39 is 5.97 Å². The Bertz CT molecular complexity index is 690. The Morgan fingerprint density at radius 2 is 2.25 bits per heavy atom. The van der Waals surface area contributed by atoms with Crippen LogP contribution in [0.4, 0.5) is 0 Å². The molecule has 7 heteroatoms. The highest BCUT2D eigenvalue weighted by Crippen LogP contribution is 2.28. The Hall–Kier alpha value is -2.44. The van der Waals surface area contributed by atoms with Gasteiger partial charge in [0.2, 0.25) is 0 Å². The summed E-state index contributed by atoms with van der Waals surface area (Å²) in [5.41, 5.74) is 1.38. The molecule has 2 heterocycles. The van der Waals surface area contributed by atoms with Crippen molar-refractivity contribution in [2.45, 2.75) is 25.8 Å². The number of amides is 1. The molecule has 2 aromatic heterocycles. The third-order valence-corrected chi connectivity index (χ3v) is 3.31. The van der Waals surface area contributed by atoms with E-state index in [0.717, 1.165) is 12.8 Å². The first-order chi connectivity index (χ1) is 9.56. The van der Waals surface area contributed by atoms with Crippen LogP contribution in [-0.2, 0) is 4.79 Å². The van der Waals surface area contributed by atoms with Crippen LogP contribution in [-0.4, -0.2) is 44.6 Å². The quantitative estimate of drug-likeness (QED) is 0.901. The minimum atomic E-state index is -1.01. The number of carboxylic acid groups (broad SMARTS) is 1. The lowest BCUT2D eigenvalue weighted by Gasteiger charge is -2.19. The summed E-state index contributed by atoms with van der Waals surface area (Å²) in [5, 5.41) is 13.4. The molecule has 20 heavy (non-hydrogen) atoms. The average molecular weight is 275 g/mol. The van der Waals surface area contributed by atoms with E-state index in [0.29, 0.717) is 22.4 Å². The summed E-state index contributed by atoms with van der Waals surface area (Å²) in [7, 11) is 0. The van der Waals surface area contributed by atoms with Crippen LogP contribution in [0.15, 0.2) is 16.8 Å². The number of aliphatic carboxylic acids is 1. The first-order valence-electron chi connectivity index (χ1n) is 6.31. The second-order valence-corrected chi connectivity index (χ2v) is 4.90. The van der Waals surface area contributed by atoms with Crippen molar-refractivity contribution in [1.29, 1.82) is 0 Å². The van der Waals surface area contributed by atoms with Crippen LogP contribution in [0.5, 0.6) is 0 Å². The van der Waals surface area contributed by atoms with Crippen molar-refractivity contribution >= 4 is 23.0 Å². The molecule has 104 valence electrons. The van der Waals surface area contributed by atoms with Crippen molar-refractivity contribution in [3.63, 3.8) is 0 Å². The summed E-state index contributed by atoms with van der Waals surface area (Å²) >= 11 is 0. The van der Waals surface area contributed by atoms with Crippen molar-refractivity contribution in [1.82, 2.24) is 15.0 Å². The molecule has 0 saturated heterocycles. The van der Waals surface area contributed by atoms with Gasteiger partial charge in [-0.2, -0.15) is 0 Å². The van der Waals surface area contributed by atoms with Crippen LogP contribution in [0.25, 0.3) is 11.1 Å². The minimum Gasteiger partial charge on any atom is -0.480 e. The fourth-order valence-corrected chi connectivity index (χ4v) is 2.13. The standard InChI is InChI=1S/C13H13N3O4/c1-7-10-4-8(5-14-12(10)20-15-7)13(19)16(6-11(17)18)9-2-3-9/h4-5,9H,2-3,6H2,1H3,(H,17,18). The van der Waals surface area contributed by atoms with Gasteiger partial charge >= 0.3 is 5.97 Å². The number of hydrogen-bond acceptors (Lipinski definition) is 5. The van der Waals surface area contributed by atoms with Gasteiger partial charge < -0.3 is 14.5 Å². The van der Waals surface area contributed by atoms with Crippen molar-refractivity contribution in [3.05, 3.63) is 23.5 Å². The first-order valence-corrected chi connectivity index (χ1v) is 6.31. The molecule has 0 spiro atoms. The van der Waals surface area contributed by atoms with E-state index in [-0.39, 0.29) is 18.5 Å². The van der Waals surface area contributed by atoms with Crippen LogP contribution >= 0.6 is 0 Å². The van der Waals surface area contributed by atoms with Gasteiger partial charge in [0.15, 0.2) is 0 Å². The molecule has 0 radical (unpaired) electrons. The van der Waals surface area contributed by atoms with Crippen LogP contribution in [0.2, 0.25) is 0 Å². The molecule has 2 aromatic rings. The van der Waals surface area contributed by atoms with Crippen LogP contribution in [0.3, 0.4) is 0 Å². The monoisotopic (exact) mass is 275 g/mol. The Labute approximate surface area is 114 Å². The zero-order valence-electron chi connectivity index (χ0n) is 10.9. The van der Waals surface area contributed by atoms with Gasteiger partial charge in [0.1, 0.15) is 6.54 Å². The van der Waals surface area contributed by atoms with Crippen molar-refractivity contribution in [2.24, 2.45) is 0 Å². The van der Waals surface area contributed by atoms with Crippen molar-refractivity contribution in [3.8, 4) is 0 Å². The Balaban J connectivity index is 1.93. The molecule has 0 atom stereocenters. The molecule has 1 fully saturated rings. The van der Waals surface area contributed by atoms with E-state index >= 15 is 0 Å². The molecule has 7 nitrogen and oxygen atoms in total. The molecular formula is C13H13N3O4. The van der Waals surface area contributed by atoms with Crippen molar-refractivity contribution < 1.29 is 19.2 Å². The molecule has 1 N–H and O–H groups in total. The van der Waals surface area contributed by atoms with Crippen LogP contribution in [0, 0.1) is 6.92 Å². The van der Waals surface area contributed by atoms with E-state index in [4.69, 9.17) is 9.63 Å². The van der Waals surface area contributed by atoms with Gasteiger partial charge in [0.05, 0.1) is 16.6 Å². The number of fused-ring (bicyclic) bond motifs is 1. The van der Waals surface area contributed by atoms with E-state index in [1.165, 1.54) is 11.1 Å². The molecule has 0 aromatic carbocycles. The SMILES string of the molecule is Cc1noc2ncc(C(=O)N(CC(=O)O)C3CC3)cc12. The lowest BCUT2D eigenvalue weighted by atomic mass is 10.2. The molecule has 1 aliphatic rings. The normalized spacial score (nSPS) is 14.4. The summed E-state index contributed by atoms with van der Waals surface area (Å²) in [6.07, 6.45) is 3.09. The molecule has 0 aliphatic heterocycles. The predicted octanol–water partition coefficient (Wildman–Crippen LogP) is 1.22. The molecule has 3 rings (SSSR count). The lowest BCUT2D eigenvalue weighted by Crippen LogP contribution is -2.37. The summed E-state index contributed by atoms with van der Waals surface area (Å²) in [4.78, 5) is 28.7. The first kappa shape index (κ1) is 12.6. The number of nitrogens with zero attached hydrogens (tertiary/aromatic N) is 3. The number of rotatable bonds is 4. The molecular weight excluding hydrogens is 262 g/mol. The van der Waals surface area contributed by atoms with Gasteiger partial charge in [-0.05, 0) is 25.8 Å². The van der Waals surface area contributed by atoms with Crippen LogP contribution < -0.4 is 0 Å². The van der Waals surface area contributed by atoms with Crippen LogP contribution in [0.1, 0.15) is 28.9 Å². The fourth-order valence-electron chi connectivity index (χ4n) is 2.13. The van der Waals surface area contributed by atoms with Gasteiger partial charge in [-0.15, -0.1) is 0 Å². The summed E-state index contributed by atoms with van der Waals surface area (Å²) in [5.74, 6) is -1.33.